The van der Waals surface area contributed by atoms with Gasteiger partial charge in [0.15, 0.2) is 0 Å². The van der Waals surface area contributed by atoms with E-state index in [1.807, 2.05) is 0 Å². The zero-order valence-corrected chi connectivity index (χ0v) is 14.4. The SMILES string of the molecule is O=C(NN1CO[C@@H]2C3CCC([C@H]4C[C@@H]34)[C@@H]2C1=O)c1ccc(C(F)(F)F)cc1. The molecule has 5 aliphatic rings. The number of alkyl halides is 3. The molecular formula is C19H19F3N2O3. The molecule has 6 rings (SSSR count). The van der Waals surface area contributed by atoms with Crippen molar-refractivity contribution in [1.82, 2.24) is 10.4 Å². The second kappa shape index (κ2) is 5.70. The van der Waals surface area contributed by atoms with E-state index in [9.17, 15) is 22.8 Å². The summed E-state index contributed by atoms with van der Waals surface area (Å²) in [7, 11) is 0. The number of benzene rings is 1. The first-order valence-electron chi connectivity index (χ1n) is 9.26. The molecule has 0 aromatic heterocycles. The second-order valence-corrected chi connectivity index (χ2v) is 8.04. The number of halogens is 3. The molecule has 8 heteroatoms. The molecule has 6 atom stereocenters. The lowest BCUT2D eigenvalue weighted by Gasteiger charge is -2.51. The maximum atomic E-state index is 12.9. The largest absolute Gasteiger partial charge is 0.416 e. The molecule has 5 nitrogen and oxygen atoms in total. The van der Waals surface area contributed by atoms with Crippen LogP contribution in [0.15, 0.2) is 24.3 Å². The van der Waals surface area contributed by atoms with E-state index in [1.54, 1.807) is 0 Å². The molecule has 4 aliphatic carbocycles. The van der Waals surface area contributed by atoms with Crippen LogP contribution in [-0.2, 0) is 15.7 Å². The summed E-state index contributed by atoms with van der Waals surface area (Å²) < 4.78 is 43.9. The van der Waals surface area contributed by atoms with E-state index in [0.29, 0.717) is 23.7 Å². The van der Waals surface area contributed by atoms with Gasteiger partial charge in [-0.15, -0.1) is 0 Å². The average molecular weight is 380 g/mol. The number of rotatable bonds is 2. The summed E-state index contributed by atoms with van der Waals surface area (Å²) in [5.74, 6) is 1.12. The smallest absolute Gasteiger partial charge is 0.355 e. The minimum atomic E-state index is -4.46. The third-order valence-electron chi connectivity index (χ3n) is 6.72. The first-order chi connectivity index (χ1) is 12.8. The lowest BCUT2D eigenvalue weighted by molar-refractivity contribution is -0.199. The van der Waals surface area contributed by atoms with Crippen LogP contribution in [0.25, 0.3) is 0 Å². The number of ether oxygens (including phenoxy) is 1. The number of fused-ring (bicyclic) bond motifs is 1. The molecule has 0 radical (unpaired) electrons. The molecule has 0 spiro atoms. The number of amides is 2. The van der Waals surface area contributed by atoms with Gasteiger partial charge in [-0.3, -0.25) is 15.0 Å². The predicted molar refractivity (Wildman–Crippen MR) is 86.8 cm³/mol. The monoisotopic (exact) mass is 380 g/mol. The highest BCUT2D eigenvalue weighted by Gasteiger charge is 2.65. The van der Waals surface area contributed by atoms with Crippen molar-refractivity contribution in [3.63, 3.8) is 0 Å². The van der Waals surface area contributed by atoms with E-state index in [1.165, 1.54) is 11.4 Å². The van der Waals surface area contributed by atoms with Gasteiger partial charge in [-0.05, 0) is 67.2 Å². The highest BCUT2D eigenvalue weighted by Crippen LogP contribution is 2.65. The van der Waals surface area contributed by atoms with E-state index in [4.69, 9.17) is 4.74 Å². The molecule has 1 saturated heterocycles. The molecule has 2 bridgehead atoms. The summed E-state index contributed by atoms with van der Waals surface area (Å²) in [5.41, 5.74) is 1.74. The number of nitrogens with zero attached hydrogens (tertiary/aromatic N) is 1. The van der Waals surface area contributed by atoms with Crippen LogP contribution in [0.3, 0.4) is 0 Å². The van der Waals surface area contributed by atoms with Gasteiger partial charge in [0.25, 0.3) is 5.91 Å². The molecule has 5 fully saturated rings. The molecule has 4 saturated carbocycles. The van der Waals surface area contributed by atoms with Crippen molar-refractivity contribution in [1.29, 1.82) is 0 Å². The van der Waals surface area contributed by atoms with Crippen LogP contribution in [0, 0.1) is 29.6 Å². The molecule has 27 heavy (non-hydrogen) atoms. The number of nitrogens with one attached hydrogen (secondary N) is 1. The Hall–Kier alpha value is -2.09. The van der Waals surface area contributed by atoms with E-state index < -0.39 is 17.6 Å². The number of hydrazine groups is 1. The standard InChI is InChI=1S/C19H19F3N2O3/c20-19(21,22)10-3-1-9(2-4-10)17(25)23-24-8-27-16-12-6-5-11(13-7-14(12)13)15(16)18(24)26/h1-4,11-16H,5-8H2,(H,23,25)/t11?,12?,13-,14+,15+,16-/m1/s1. The Morgan fingerprint density at radius 3 is 2.44 bits per heavy atom. The van der Waals surface area contributed by atoms with E-state index in [2.05, 4.69) is 5.43 Å². The van der Waals surface area contributed by atoms with Crippen LogP contribution in [0.2, 0.25) is 0 Å². The van der Waals surface area contributed by atoms with Gasteiger partial charge in [0.2, 0.25) is 5.91 Å². The van der Waals surface area contributed by atoms with Gasteiger partial charge in [-0.2, -0.15) is 13.2 Å². The van der Waals surface area contributed by atoms with E-state index >= 15 is 0 Å². The van der Waals surface area contributed by atoms with Crippen molar-refractivity contribution >= 4 is 11.8 Å². The summed E-state index contributed by atoms with van der Waals surface area (Å²) in [6.07, 6.45) is -1.20. The van der Waals surface area contributed by atoms with Gasteiger partial charge in [-0.25, -0.2) is 5.01 Å². The normalized spacial score (nSPS) is 36.9. The lowest BCUT2D eigenvalue weighted by Crippen LogP contribution is -2.62. The minimum Gasteiger partial charge on any atom is -0.355 e. The van der Waals surface area contributed by atoms with Gasteiger partial charge >= 0.3 is 6.18 Å². The van der Waals surface area contributed by atoms with Crippen molar-refractivity contribution in [3.8, 4) is 0 Å². The number of hydrogen-bond donors (Lipinski definition) is 1. The third kappa shape index (κ3) is 2.64. The Labute approximate surface area is 153 Å². The molecule has 1 heterocycles. The molecule has 1 aromatic rings. The first kappa shape index (κ1) is 17.0. The summed E-state index contributed by atoms with van der Waals surface area (Å²) in [4.78, 5) is 25.3. The Morgan fingerprint density at radius 1 is 1.07 bits per heavy atom. The van der Waals surface area contributed by atoms with Gasteiger partial charge in [0.05, 0.1) is 17.6 Å². The fraction of sp³-hybridized carbons (Fsp3) is 0.579. The third-order valence-corrected chi connectivity index (χ3v) is 6.72. The summed E-state index contributed by atoms with van der Waals surface area (Å²) in [5, 5.41) is 1.18. The fourth-order valence-electron chi connectivity index (χ4n) is 5.44. The van der Waals surface area contributed by atoms with Crippen LogP contribution in [0.1, 0.15) is 35.2 Å². The van der Waals surface area contributed by atoms with Gasteiger partial charge in [0.1, 0.15) is 6.73 Å². The molecule has 1 N–H and O–H groups in total. The Bertz CT molecular complexity index is 794. The quantitative estimate of drug-likeness (QED) is 0.859. The Kier molecular flexibility index (Phi) is 3.60. The minimum absolute atomic E-state index is 0.0209. The Balaban J connectivity index is 1.29. The maximum absolute atomic E-state index is 12.9. The van der Waals surface area contributed by atoms with Crippen molar-refractivity contribution in [3.05, 3.63) is 35.4 Å². The first-order valence-corrected chi connectivity index (χ1v) is 9.26. The molecule has 1 aromatic carbocycles. The van der Waals surface area contributed by atoms with Crippen molar-refractivity contribution < 1.29 is 27.5 Å². The zero-order valence-electron chi connectivity index (χ0n) is 14.4. The highest BCUT2D eigenvalue weighted by atomic mass is 19.4. The fourth-order valence-corrected chi connectivity index (χ4v) is 5.44. The lowest BCUT2D eigenvalue weighted by atomic mass is 9.62. The maximum Gasteiger partial charge on any atom is 0.416 e. The van der Waals surface area contributed by atoms with Crippen LogP contribution in [0.5, 0.6) is 0 Å². The number of hydrogen-bond acceptors (Lipinski definition) is 3. The number of carbonyl (C=O) groups excluding carboxylic acids is 2. The van der Waals surface area contributed by atoms with Gasteiger partial charge < -0.3 is 4.74 Å². The molecular weight excluding hydrogens is 361 g/mol. The average Bonchev–Trinajstić information content (AvgIpc) is 3.45. The molecule has 144 valence electrons. The van der Waals surface area contributed by atoms with Crippen molar-refractivity contribution in [2.75, 3.05) is 6.73 Å². The highest BCUT2D eigenvalue weighted by molar-refractivity contribution is 5.95. The zero-order chi connectivity index (χ0) is 18.9. The van der Waals surface area contributed by atoms with Crippen molar-refractivity contribution in [2.45, 2.75) is 31.5 Å². The van der Waals surface area contributed by atoms with Crippen LogP contribution in [-0.4, -0.2) is 29.7 Å². The van der Waals surface area contributed by atoms with Crippen molar-refractivity contribution in [2.24, 2.45) is 29.6 Å². The van der Waals surface area contributed by atoms with E-state index in [0.717, 1.165) is 37.1 Å². The molecule has 1 aliphatic heterocycles. The van der Waals surface area contributed by atoms with Crippen LogP contribution < -0.4 is 5.43 Å². The number of carbonyl (C=O) groups is 2. The van der Waals surface area contributed by atoms with Gasteiger partial charge in [0, 0.05) is 5.56 Å². The van der Waals surface area contributed by atoms with Gasteiger partial charge in [-0.1, -0.05) is 0 Å². The molecule has 2 amide bonds. The predicted octanol–water partition coefficient (Wildman–Crippen LogP) is 2.83. The Morgan fingerprint density at radius 2 is 1.74 bits per heavy atom. The van der Waals surface area contributed by atoms with Crippen LogP contribution in [0.4, 0.5) is 13.2 Å². The molecule has 2 unspecified atom stereocenters. The summed E-state index contributed by atoms with van der Waals surface area (Å²) in [6.45, 7) is -0.0209. The van der Waals surface area contributed by atoms with Crippen LogP contribution >= 0.6 is 0 Å². The summed E-state index contributed by atoms with van der Waals surface area (Å²) >= 11 is 0. The van der Waals surface area contributed by atoms with E-state index in [-0.39, 0.29) is 30.2 Å². The second-order valence-electron chi connectivity index (χ2n) is 8.04. The topological polar surface area (TPSA) is 58.6 Å². The summed E-state index contributed by atoms with van der Waals surface area (Å²) in [6, 6.07) is 3.92.